The minimum absolute atomic E-state index is 0.0990. The van der Waals surface area contributed by atoms with Gasteiger partial charge in [0, 0.05) is 18.6 Å². The Bertz CT molecular complexity index is 462. The van der Waals surface area contributed by atoms with Gasteiger partial charge in [-0.05, 0) is 25.5 Å². The fourth-order valence-electron chi connectivity index (χ4n) is 1.55. The first-order valence-electron chi connectivity index (χ1n) is 5.91. The van der Waals surface area contributed by atoms with Gasteiger partial charge in [0.25, 0.3) is 5.69 Å². The van der Waals surface area contributed by atoms with Crippen LogP contribution in [-0.2, 0) is 4.79 Å². The molecule has 0 spiro atoms. The van der Waals surface area contributed by atoms with Crippen LogP contribution in [0.1, 0.15) is 19.3 Å². The second kappa shape index (κ2) is 7.32. The van der Waals surface area contributed by atoms with Crippen molar-refractivity contribution in [3.05, 3.63) is 28.3 Å². The number of nitrogens with one attached hydrogen (secondary N) is 1. The maximum absolute atomic E-state index is 11.7. The van der Waals surface area contributed by atoms with Crippen molar-refractivity contribution >= 4 is 17.3 Å². The number of non-ortho nitro benzene ring substituents is 1. The van der Waals surface area contributed by atoms with Gasteiger partial charge >= 0.3 is 0 Å². The molecule has 0 atom stereocenters. The summed E-state index contributed by atoms with van der Waals surface area (Å²) in [5.74, 6) is 0.171. The molecule has 1 aromatic carbocycles. The first-order chi connectivity index (χ1) is 9.08. The van der Waals surface area contributed by atoms with E-state index in [1.54, 1.807) is 0 Å². The summed E-state index contributed by atoms with van der Waals surface area (Å²) < 4.78 is 5.05. The SMILES string of the molecule is COc1ccc([N+](=O)[O-])cc1NC(=O)CCCCN. The van der Waals surface area contributed by atoms with E-state index in [2.05, 4.69) is 5.32 Å². The van der Waals surface area contributed by atoms with Gasteiger partial charge in [0.15, 0.2) is 0 Å². The van der Waals surface area contributed by atoms with Crippen molar-refractivity contribution in [2.24, 2.45) is 5.73 Å². The Morgan fingerprint density at radius 2 is 2.21 bits per heavy atom. The number of nitrogens with two attached hydrogens (primary N) is 1. The van der Waals surface area contributed by atoms with Crippen molar-refractivity contribution in [2.75, 3.05) is 19.0 Å². The fraction of sp³-hybridized carbons (Fsp3) is 0.417. The van der Waals surface area contributed by atoms with Crippen molar-refractivity contribution in [1.29, 1.82) is 0 Å². The Hall–Kier alpha value is -2.15. The third-order valence-corrected chi connectivity index (χ3v) is 2.53. The second-order valence-electron chi connectivity index (χ2n) is 3.94. The molecule has 19 heavy (non-hydrogen) atoms. The van der Waals surface area contributed by atoms with Crippen molar-refractivity contribution in [2.45, 2.75) is 19.3 Å². The molecule has 0 aliphatic rings. The number of unbranched alkanes of at least 4 members (excludes halogenated alkanes) is 1. The molecule has 1 aromatic rings. The Balaban J connectivity index is 2.77. The van der Waals surface area contributed by atoms with Crippen LogP contribution < -0.4 is 15.8 Å². The first kappa shape index (κ1) is 14.9. The van der Waals surface area contributed by atoms with E-state index in [4.69, 9.17) is 10.5 Å². The molecule has 0 fully saturated rings. The van der Waals surface area contributed by atoms with Gasteiger partial charge in [0.05, 0.1) is 17.7 Å². The summed E-state index contributed by atoms with van der Waals surface area (Å²) >= 11 is 0. The standard InChI is InChI=1S/C12H17N3O4/c1-19-11-6-5-9(15(17)18)8-10(11)14-12(16)4-2-3-7-13/h5-6,8H,2-4,7,13H2,1H3,(H,14,16). The lowest BCUT2D eigenvalue weighted by Gasteiger charge is -2.09. The summed E-state index contributed by atoms with van der Waals surface area (Å²) in [6.07, 6.45) is 1.77. The van der Waals surface area contributed by atoms with E-state index in [-0.39, 0.29) is 11.6 Å². The van der Waals surface area contributed by atoms with E-state index in [9.17, 15) is 14.9 Å². The lowest BCUT2D eigenvalue weighted by molar-refractivity contribution is -0.384. The highest BCUT2D eigenvalue weighted by Crippen LogP contribution is 2.28. The van der Waals surface area contributed by atoms with Gasteiger partial charge in [0.1, 0.15) is 5.75 Å². The molecule has 104 valence electrons. The first-order valence-corrected chi connectivity index (χ1v) is 5.91. The number of hydrogen-bond donors (Lipinski definition) is 2. The van der Waals surface area contributed by atoms with Crippen LogP contribution in [0, 0.1) is 10.1 Å². The zero-order valence-electron chi connectivity index (χ0n) is 10.7. The molecule has 3 N–H and O–H groups in total. The smallest absolute Gasteiger partial charge is 0.271 e. The number of carbonyl (C=O) groups is 1. The van der Waals surface area contributed by atoms with Gasteiger partial charge < -0.3 is 15.8 Å². The summed E-state index contributed by atoms with van der Waals surface area (Å²) in [4.78, 5) is 21.8. The average Bonchev–Trinajstić information content (AvgIpc) is 2.38. The largest absolute Gasteiger partial charge is 0.495 e. The Kier molecular flexibility index (Phi) is 5.74. The number of methoxy groups -OCH3 is 1. The number of nitro groups is 1. The highest BCUT2D eigenvalue weighted by Gasteiger charge is 2.13. The van der Waals surface area contributed by atoms with E-state index in [1.165, 1.54) is 25.3 Å². The number of nitro benzene ring substituents is 1. The van der Waals surface area contributed by atoms with Gasteiger partial charge in [-0.1, -0.05) is 0 Å². The Morgan fingerprint density at radius 1 is 1.47 bits per heavy atom. The summed E-state index contributed by atoms with van der Waals surface area (Å²) in [6, 6.07) is 4.05. The highest BCUT2D eigenvalue weighted by molar-refractivity contribution is 5.92. The normalized spacial score (nSPS) is 10.0. The molecule has 0 aliphatic heterocycles. The predicted octanol–water partition coefficient (Wildman–Crippen LogP) is 1.67. The van der Waals surface area contributed by atoms with Crippen molar-refractivity contribution in [3.8, 4) is 5.75 Å². The number of benzene rings is 1. The minimum atomic E-state index is -0.524. The lowest BCUT2D eigenvalue weighted by atomic mass is 10.2. The molecule has 1 rings (SSSR count). The number of carbonyl (C=O) groups excluding carboxylic acids is 1. The van der Waals surface area contributed by atoms with Gasteiger partial charge in [-0.25, -0.2) is 0 Å². The van der Waals surface area contributed by atoms with Crippen LogP contribution in [-0.4, -0.2) is 24.5 Å². The van der Waals surface area contributed by atoms with Crippen LogP contribution >= 0.6 is 0 Å². The summed E-state index contributed by atoms with van der Waals surface area (Å²) in [5, 5.41) is 13.3. The maximum atomic E-state index is 11.7. The fourth-order valence-corrected chi connectivity index (χ4v) is 1.55. The summed E-state index contributed by atoms with van der Waals surface area (Å²) in [7, 11) is 1.44. The molecule has 7 nitrogen and oxygen atoms in total. The van der Waals surface area contributed by atoms with E-state index in [1.807, 2.05) is 0 Å². The summed E-state index contributed by atoms with van der Waals surface area (Å²) in [6.45, 7) is 0.535. The maximum Gasteiger partial charge on any atom is 0.271 e. The van der Waals surface area contributed by atoms with Crippen LogP contribution in [0.3, 0.4) is 0 Å². The molecule has 0 bridgehead atoms. The molecular weight excluding hydrogens is 250 g/mol. The van der Waals surface area contributed by atoms with Crippen LogP contribution in [0.15, 0.2) is 18.2 Å². The Labute approximate surface area is 110 Å². The Morgan fingerprint density at radius 3 is 2.79 bits per heavy atom. The van der Waals surface area contributed by atoms with Crippen molar-refractivity contribution in [3.63, 3.8) is 0 Å². The molecule has 0 saturated carbocycles. The highest BCUT2D eigenvalue weighted by atomic mass is 16.6. The molecule has 0 aromatic heterocycles. The van der Waals surface area contributed by atoms with E-state index < -0.39 is 4.92 Å². The number of anilines is 1. The molecule has 0 radical (unpaired) electrons. The lowest BCUT2D eigenvalue weighted by Crippen LogP contribution is -2.13. The van der Waals surface area contributed by atoms with E-state index >= 15 is 0 Å². The average molecular weight is 267 g/mol. The second-order valence-corrected chi connectivity index (χ2v) is 3.94. The van der Waals surface area contributed by atoms with Crippen molar-refractivity contribution in [1.82, 2.24) is 0 Å². The molecule has 1 amide bonds. The van der Waals surface area contributed by atoms with E-state index in [0.29, 0.717) is 30.8 Å². The monoisotopic (exact) mass is 267 g/mol. The van der Waals surface area contributed by atoms with Gasteiger partial charge in [-0.15, -0.1) is 0 Å². The summed E-state index contributed by atoms with van der Waals surface area (Å²) in [5.41, 5.74) is 5.54. The van der Waals surface area contributed by atoms with E-state index in [0.717, 1.165) is 6.42 Å². The number of rotatable bonds is 7. The third kappa shape index (κ3) is 4.55. The van der Waals surface area contributed by atoms with Gasteiger partial charge in [-0.3, -0.25) is 14.9 Å². The van der Waals surface area contributed by atoms with Crippen molar-refractivity contribution < 1.29 is 14.5 Å². The zero-order valence-corrected chi connectivity index (χ0v) is 10.7. The van der Waals surface area contributed by atoms with Crippen LogP contribution in [0.25, 0.3) is 0 Å². The predicted molar refractivity (Wildman–Crippen MR) is 71.2 cm³/mol. The minimum Gasteiger partial charge on any atom is -0.495 e. The molecular formula is C12H17N3O4. The number of amides is 1. The molecule has 0 unspecified atom stereocenters. The molecule has 0 aliphatic carbocycles. The molecule has 0 heterocycles. The topological polar surface area (TPSA) is 107 Å². The number of nitrogens with zero attached hydrogens (tertiary/aromatic N) is 1. The molecule has 7 heteroatoms. The third-order valence-electron chi connectivity index (χ3n) is 2.53. The van der Waals surface area contributed by atoms with Gasteiger partial charge in [-0.2, -0.15) is 0 Å². The molecule has 0 saturated heterocycles. The zero-order chi connectivity index (χ0) is 14.3. The van der Waals surface area contributed by atoms with Crippen LogP contribution in [0.2, 0.25) is 0 Å². The number of hydrogen-bond acceptors (Lipinski definition) is 5. The quantitative estimate of drug-likeness (QED) is 0.444. The van der Waals surface area contributed by atoms with Gasteiger partial charge in [0.2, 0.25) is 5.91 Å². The van der Waals surface area contributed by atoms with Crippen LogP contribution in [0.4, 0.5) is 11.4 Å². The van der Waals surface area contributed by atoms with Crippen LogP contribution in [0.5, 0.6) is 5.75 Å². The number of ether oxygens (including phenoxy) is 1.